The molecule has 1 aromatic rings. The summed E-state index contributed by atoms with van der Waals surface area (Å²) in [7, 11) is -3.40. The van der Waals surface area contributed by atoms with Crippen LogP contribution in [0.5, 0.6) is 0 Å². The summed E-state index contributed by atoms with van der Waals surface area (Å²) in [5.41, 5.74) is -0.111. The second-order valence-electron chi connectivity index (χ2n) is 6.16. The summed E-state index contributed by atoms with van der Waals surface area (Å²) in [6, 6.07) is 0.823. The van der Waals surface area contributed by atoms with Crippen LogP contribution >= 0.6 is 12.6 Å². The third kappa shape index (κ3) is 5.35. The van der Waals surface area contributed by atoms with Gasteiger partial charge in [-0.25, -0.2) is 21.6 Å². The second-order valence-corrected chi connectivity index (χ2v) is 8.93. The maximum absolute atomic E-state index is 13.6. The van der Waals surface area contributed by atoms with E-state index < -0.39 is 33.5 Å². The van der Waals surface area contributed by atoms with Gasteiger partial charge in [0.05, 0.1) is 19.0 Å². The maximum Gasteiger partial charge on any atom is 0.214 e. The number of sulfonamides is 1. The van der Waals surface area contributed by atoms with E-state index in [1.165, 1.54) is 4.31 Å². The lowest BCUT2D eigenvalue weighted by Crippen LogP contribution is -2.39. The molecule has 0 spiro atoms. The smallest absolute Gasteiger partial charge is 0.214 e. The number of benzene rings is 1. The van der Waals surface area contributed by atoms with Gasteiger partial charge in [-0.2, -0.15) is 16.9 Å². The molecule has 1 aromatic carbocycles. The molecule has 1 aliphatic heterocycles. The van der Waals surface area contributed by atoms with E-state index in [4.69, 9.17) is 4.74 Å². The molecule has 0 bridgehead atoms. The number of unbranched alkanes of at least 4 members (excludes halogenated alkanes) is 1. The molecule has 25 heavy (non-hydrogen) atoms. The Hall–Kier alpha value is -0.770. The van der Waals surface area contributed by atoms with Gasteiger partial charge in [-0.15, -0.1) is 0 Å². The monoisotopic (exact) mass is 397 g/mol. The van der Waals surface area contributed by atoms with E-state index in [1.807, 2.05) is 6.92 Å². The number of thiol groups is 1. The number of ether oxygens (including phenoxy) is 1. The zero-order valence-electron chi connectivity index (χ0n) is 13.9. The fraction of sp³-hybridized carbons (Fsp3) is 0.625. The van der Waals surface area contributed by atoms with Crippen LogP contribution in [-0.2, 0) is 21.4 Å². The molecule has 9 heteroatoms. The van der Waals surface area contributed by atoms with Gasteiger partial charge in [-0.3, -0.25) is 0 Å². The van der Waals surface area contributed by atoms with Crippen LogP contribution in [-0.4, -0.2) is 42.9 Å². The minimum Gasteiger partial charge on any atom is -0.375 e. The fourth-order valence-electron chi connectivity index (χ4n) is 2.78. The van der Waals surface area contributed by atoms with Gasteiger partial charge in [-0.1, -0.05) is 13.3 Å². The summed E-state index contributed by atoms with van der Waals surface area (Å²) in [4.78, 5) is 0. The van der Waals surface area contributed by atoms with Crippen molar-refractivity contribution in [2.45, 2.75) is 44.1 Å². The predicted octanol–water partition coefficient (Wildman–Crippen LogP) is 3.12. The highest BCUT2D eigenvalue weighted by Crippen LogP contribution is 2.26. The van der Waals surface area contributed by atoms with Crippen LogP contribution < -0.4 is 0 Å². The van der Waals surface area contributed by atoms with Gasteiger partial charge in [-0.05, 0) is 18.9 Å². The van der Waals surface area contributed by atoms with Gasteiger partial charge < -0.3 is 4.74 Å². The van der Waals surface area contributed by atoms with Crippen LogP contribution in [0.15, 0.2) is 12.1 Å². The van der Waals surface area contributed by atoms with Crippen molar-refractivity contribution in [2.24, 2.45) is 0 Å². The molecule has 0 aromatic heterocycles. The van der Waals surface area contributed by atoms with E-state index >= 15 is 0 Å². The molecule has 1 fully saturated rings. The van der Waals surface area contributed by atoms with Crippen LogP contribution in [0.2, 0.25) is 0 Å². The molecule has 1 heterocycles. The van der Waals surface area contributed by atoms with Gasteiger partial charge in [0.2, 0.25) is 10.0 Å². The first-order valence-electron chi connectivity index (χ1n) is 8.13. The molecule has 1 aliphatic rings. The molecule has 0 amide bonds. The topological polar surface area (TPSA) is 46.6 Å². The molecule has 0 saturated carbocycles. The number of hydrogen-bond acceptors (Lipinski definition) is 4. The van der Waals surface area contributed by atoms with Crippen LogP contribution in [0.4, 0.5) is 13.2 Å². The van der Waals surface area contributed by atoms with Crippen molar-refractivity contribution in [1.29, 1.82) is 0 Å². The Morgan fingerprint density at radius 3 is 2.60 bits per heavy atom. The lowest BCUT2D eigenvalue weighted by atomic mass is 10.2. The van der Waals surface area contributed by atoms with E-state index in [1.54, 1.807) is 0 Å². The van der Waals surface area contributed by atoms with Crippen LogP contribution in [0, 0.1) is 17.5 Å². The van der Waals surface area contributed by atoms with Crippen molar-refractivity contribution in [3.63, 3.8) is 0 Å². The molecular weight excluding hydrogens is 375 g/mol. The third-order valence-corrected chi connectivity index (χ3v) is 6.45. The van der Waals surface area contributed by atoms with Gasteiger partial charge in [0.25, 0.3) is 0 Å². The molecule has 0 N–H and O–H groups in total. The minimum atomic E-state index is -3.40. The summed E-state index contributed by atoms with van der Waals surface area (Å²) >= 11 is 4.35. The van der Waals surface area contributed by atoms with Crippen molar-refractivity contribution in [1.82, 2.24) is 4.31 Å². The van der Waals surface area contributed by atoms with E-state index in [2.05, 4.69) is 12.6 Å². The van der Waals surface area contributed by atoms with Crippen LogP contribution in [0.1, 0.15) is 31.7 Å². The van der Waals surface area contributed by atoms with E-state index in [0.717, 1.165) is 12.5 Å². The van der Waals surface area contributed by atoms with Gasteiger partial charge >= 0.3 is 0 Å². The summed E-state index contributed by atoms with van der Waals surface area (Å²) in [6.45, 7) is 2.00. The standard InChI is InChI=1S/C16H22F3NO3S2/c1-2-3-4-25(21,22)20-8-13(24)6-12(20)10-23-9-11-5-15(18)16(19)7-14(11)17/h5,7,12-13,24H,2-4,6,8-10H2,1H3/t12-,13+/m0/s1. The first-order valence-corrected chi connectivity index (χ1v) is 10.3. The molecular formula is C16H22F3NO3S2. The van der Waals surface area contributed by atoms with Crippen molar-refractivity contribution in [3.8, 4) is 0 Å². The second kappa shape index (κ2) is 8.75. The largest absolute Gasteiger partial charge is 0.375 e. The van der Waals surface area contributed by atoms with E-state index in [0.29, 0.717) is 25.5 Å². The fourth-order valence-corrected chi connectivity index (χ4v) is 5.20. The molecule has 0 aliphatic carbocycles. The SMILES string of the molecule is CCCCS(=O)(=O)N1C[C@H](S)C[C@H]1COCc1cc(F)c(F)cc1F. The summed E-state index contributed by atoms with van der Waals surface area (Å²) < 4.78 is 71.3. The zero-order valence-corrected chi connectivity index (χ0v) is 15.6. The van der Waals surface area contributed by atoms with E-state index in [-0.39, 0.29) is 29.8 Å². The summed E-state index contributed by atoms with van der Waals surface area (Å²) in [6.07, 6.45) is 1.87. The average molecular weight is 397 g/mol. The highest BCUT2D eigenvalue weighted by Gasteiger charge is 2.37. The molecule has 1 saturated heterocycles. The molecule has 2 rings (SSSR count). The Morgan fingerprint density at radius 2 is 1.92 bits per heavy atom. The van der Waals surface area contributed by atoms with Crippen LogP contribution in [0.25, 0.3) is 0 Å². The average Bonchev–Trinajstić information content (AvgIpc) is 2.92. The van der Waals surface area contributed by atoms with Gasteiger partial charge in [0.15, 0.2) is 11.6 Å². The van der Waals surface area contributed by atoms with E-state index in [9.17, 15) is 21.6 Å². The quantitative estimate of drug-likeness (QED) is 0.542. The molecule has 2 atom stereocenters. The Labute approximate surface area is 151 Å². The summed E-state index contributed by atoms with van der Waals surface area (Å²) in [5, 5.41) is -0.0926. The number of rotatable bonds is 8. The van der Waals surface area contributed by atoms with Crippen molar-refractivity contribution < 1.29 is 26.3 Å². The first kappa shape index (κ1) is 20.5. The van der Waals surface area contributed by atoms with Crippen molar-refractivity contribution >= 4 is 22.7 Å². The predicted molar refractivity (Wildman–Crippen MR) is 92.6 cm³/mol. The number of nitrogens with zero attached hydrogens (tertiary/aromatic N) is 1. The molecule has 0 unspecified atom stereocenters. The minimum absolute atomic E-state index is 0.0425. The van der Waals surface area contributed by atoms with Gasteiger partial charge in [0, 0.05) is 29.5 Å². The maximum atomic E-state index is 13.6. The number of halogens is 3. The normalized spacial score (nSPS) is 21.8. The Balaban J connectivity index is 1.98. The molecule has 4 nitrogen and oxygen atoms in total. The van der Waals surface area contributed by atoms with Gasteiger partial charge in [0.1, 0.15) is 5.82 Å². The van der Waals surface area contributed by atoms with Crippen molar-refractivity contribution in [3.05, 3.63) is 35.1 Å². The third-order valence-electron chi connectivity index (χ3n) is 4.11. The first-order chi connectivity index (χ1) is 11.7. The lowest BCUT2D eigenvalue weighted by Gasteiger charge is -2.23. The highest BCUT2D eigenvalue weighted by molar-refractivity contribution is 7.89. The molecule has 142 valence electrons. The Kier molecular flexibility index (Phi) is 7.19. The van der Waals surface area contributed by atoms with Crippen LogP contribution in [0.3, 0.4) is 0 Å². The Bertz CT molecular complexity index is 700. The molecule has 0 radical (unpaired) electrons. The highest BCUT2D eigenvalue weighted by atomic mass is 32.2. The van der Waals surface area contributed by atoms with Crippen molar-refractivity contribution in [2.75, 3.05) is 18.9 Å². The zero-order chi connectivity index (χ0) is 18.6. The summed E-state index contributed by atoms with van der Waals surface area (Å²) in [5.74, 6) is -3.24. The lowest BCUT2D eigenvalue weighted by molar-refractivity contribution is 0.0852. The Morgan fingerprint density at radius 1 is 1.24 bits per heavy atom. The number of hydrogen-bond donors (Lipinski definition) is 1.